The van der Waals surface area contributed by atoms with Gasteiger partial charge < -0.3 is 15.3 Å². The Hall–Kier alpha value is -2.98. The number of hydrogen-bond donors (Lipinski definition) is 2. The average molecular weight is 285 g/mol. The third kappa shape index (κ3) is 3.52. The highest BCUT2D eigenvalue weighted by molar-refractivity contribution is 5.99. The summed E-state index contributed by atoms with van der Waals surface area (Å²) in [4.78, 5) is 7.50. The third-order valence-electron chi connectivity index (χ3n) is 2.65. The number of benzene rings is 1. The van der Waals surface area contributed by atoms with Crippen molar-refractivity contribution in [3.8, 4) is 0 Å². The molecule has 1 aromatic carbocycles. The van der Waals surface area contributed by atoms with Crippen molar-refractivity contribution in [2.24, 2.45) is 9.98 Å². The molecule has 0 fully saturated rings. The van der Waals surface area contributed by atoms with E-state index in [1.54, 1.807) is 12.1 Å². The molecule has 0 saturated carbocycles. The number of hydrogen-bond acceptors (Lipinski definition) is 5. The zero-order valence-electron chi connectivity index (χ0n) is 11.0. The second-order valence-corrected chi connectivity index (χ2v) is 4.07. The number of ether oxygens (including phenoxy) is 1. The summed E-state index contributed by atoms with van der Waals surface area (Å²) >= 11 is 0. The Morgan fingerprint density at radius 3 is 2.81 bits per heavy atom. The first-order valence-electron chi connectivity index (χ1n) is 5.99. The van der Waals surface area contributed by atoms with Crippen LogP contribution >= 0.6 is 0 Å². The first-order chi connectivity index (χ1) is 10.1. The molecule has 0 aliphatic carbocycles. The summed E-state index contributed by atoms with van der Waals surface area (Å²) in [6.07, 6.45) is 2.48. The minimum absolute atomic E-state index is 0.0284. The van der Waals surface area contributed by atoms with Crippen LogP contribution in [0.5, 0.6) is 0 Å². The standard InChI is InChI=1S/C15H12FN3O2/c1-18-14(13(20)9-17)15-19-7-6-12(21-15)8-10-2-4-11(16)5-3-10/h2-5,7,9,17,20H,1,8H2/b14-13+,17-9?. The number of allylic oxidation sites excluding steroid dienone is 2. The van der Waals surface area contributed by atoms with Crippen molar-refractivity contribution in [1.82, 2.24) is 0 Å². The molecule has 5 nitrogen and oxygen atoms in total. The van der Waals surface area contributed by atoms with Gasteiger partial charge in [-0.1, -0.05) is 17.9 Å². The van der Waals surface area contributed by atoms with Crippen LogP contribution in [-0.2, 0) is 11.2 Å². The molecular weight excluding hydrogens is 273 g/mol. The molecule has 0 atom stereocenters. The van der Waals surface area contributed by atoms with Gasteiger partial charge in [-0.15, -0.1) is 0 Å². The number of aliphatic imine (C=N–C) groups is 2. The van der Waals surface area contributed by atoms with Gasteiger partial charge in [-0.3, -0.25) is 4.99 Å². The summed E-state index contributed by atoms with van der Waals surface area (Å²) in [6.45, 7) is 3.31. The second-order valence-electron chi connectivity index (χ2n) is 4.07. The van der Waals surface area contributed by atoms with Crippen molar-refractivity contribution in [3.63, 3.8) is 0 Å². The molecule has 0 unspecified atom stereocenters. The number of aliphatic hydroxyl groups excluding tert-OH is 1. The molecule has 1 aliphatic heterocycles. The lowest BCUT2D eigenvalue weighted by Gasteiger charge is -2.13. The quantitative estimate of drug-likeness (QED) is 0.495. The number of nitrogens with zero attached hydrogens (tertiary/aromatic N) is 2. The van der Waals surface area contributed by atoms with Crippen molar-refractivity contribution in [1.29, 1.82) is 5.41 Å². The van der Waals surface area contributed by atoms with E-state index in [0.29, 0.717) is 12.2 Å². The normalized spacial score (nSPS) is 14.5. The molecule has 0 radical (unpaired) electrons. The van der Waals surface area contributed by atoms with E-state index in [4.69, 9.17) is 10.1 Å². The van der Waals surface area contributed by atoms with Gasteiger partial charge in [0, 0.05) is 6.42 Å². The van der Waals surface area contributed by atoms with Crippen LogP contribution in [0.25, 0.3) is 0 Å². The smallest absolute Gasteiger partial charge is 0.250 e. The SMILES string of the molecule is C=N/C(C1=NC=C=C(Cc2ccc(F)cc2)O1)=C(/O)C=N. The Balaban J connectivity index is 2.17. The van der Waals surface area contributed by atoms with Crippen molar-refractivity contribution >= 4 is 18.8 Å². The monoisotopic (exact) mass is 285 g/mol. The highest BCUT2D eigenvalue weighted by Crippen LogP contribution is 2.16. The van der Waals surface area contributed by atoms with Gasteiger partial charge in [0.25, 0.3) is 0 Å². The van der Waals surface area contributed by atoms with E-state index in [9.17, 15) is 9.50 Å². The fourth-order valence-corrected chi connectivity index (χ4v) is 1.65. The molecule has 0 aromatic heterocycles. The molecule has 2 rings (SSSR count). The van der Waals surface area contributed by atoms with Crippen LogP contribution in [0.3, 0.4) is 0 Å². The number of nitrogens with one attached hydrogen (secondary N) is 1. The molecule has 6 heteroatoms. The van der Waals surface area contributed by atoms with E-state index >= 15 is 0 Å². The Kier molecular flexibility index (Phi) is 4.43. The molecule has 0 amide bonds. The number of aliphatic hydroxyl groups is 1. The van der Waals surface area contributed by atoms with Crippen molar-refractivity contribution in [2.45, 2.75) is 6.42 Å². The largest absolute Gasteiger partial charge is 0.504 e. The Bertz CT molecular complexity index is 696. The van der Waals surface area contributed by atoms with Gasteiger partial charge in [-0.25, -0.2) is 9.38 Å². The van der Waals surface area contributed by atoms with E-state index < -0.39 is 5.76 Å². The minimum atomic E-state index is -0.403. The van der Waals surface area contributed by atoms with Crippen LogP contribution < -0.4 is 0 Å². The maximum Gasteiger partial charge on any atom is 0.250 e. The predicted octanol–water partition coefficient (Wildman–Crippen LogP) is 2.91. The molecule has 106 valence electrons. The van der Waals surface area contributed by atoms with Crippen LogP contribution in [0, 0.1) is 11.2 Å². The molecule has 1 heterocycles. The highest BCUT2D eigenvalue weighted by atomic mass is 19.1. The summed E-state index contributed by atoms with van der Waals surface area (Å²) in [5.41, 5.74) is 3.62. The number of rotatable bonds is 5. The fourth-order valence-electron chi connectivity index (χ4n) is 1.65. The molecule has 0 bridgehead atoms. The summed E-state index contributed by atoms with van der Waals surface area (Å²) < 4.78 is 18.3. The summed E-state index contributed by atoms with van der Waals surface area (Å²) in [5.74, 6) is -0.250. The van der Waals surface area contributed by atoms with Crippen LogP contribution in [0.15, 0.2) is 63.4 Å². The van der Waals surface area contributed by atoms with E-state index in [1.807, 2.05) is 0 Å². The van der Waals surface area contributed by atoms with Gasteiger partial charge in [0.05, 0.1) is 12.4 Å². The van der Waals surface area contributed by atoms with E-state index in [1.165, 1.54) is 18.3 Å². The summed E-state index contributed by atoms with van der Waals surface area (Å²) in [6, 6.07) is 5.98. The lowest BCUT2D eigenvalue weighted by Crippen LogP contribution is -2.12. The van der Waals surface area contributed by atoms with Crippen LogP contribution in [0.2, 0.25) is 0 Å². The van der Waals surface area contributed by atoms with Gasteiger partial charge >= 0.3 is 0 Å². The highest BCUT2D eigenvalue weighted by Gasteiger charge is 2.16. The van der Waals surface area contributed by atoms with E-state index in [2.05, 4.69) is 22.4 Å². The Morgan fingerprint density at radius 1 is 1.48 bits per heavy atom. The lowest BCUT2D eigenvalue weighted by atomic mass is 10.1. The fraction of sp³-hybridized carbons (Fsp3) is 0.0667. The van der Waals surface area contributed by atoms with Gasteiger partial charge in [0.15, 0.2) is 17.2 Å². The topological polar surface area (TPSA) is 78.0 Å². The minimum Gasteiger partial charge on any atom is -0.504 e. The van der Waals surface area contributed by atoms with Crippen molar-refractivity contribution < 1.29 is 14.2 Å². The van der Waals surface area contributed by atoms with Crippen molar-refractivity contribution in [3.05, 3.63) is 64.8 Å². The van der Waals surface area contributed by atoms with Crippen LogP contribution in [0.4, 0.5) is 4.39 Å². The first kappa shape index (κ1) is 14.4. The summed E-state index contributed by atoms with van der Waals surface area (Å²) in [5, 5.41) is 16.5. The Labute approximate surface area is 120 Å². The van der Waals surface area contributed by atoms with Gasteiger partial charge in [0.1, 0.15) is 5.82 Å². The second kappa shape index (κ2) is 6.45. The van der Waals surface area contributed by atoms with Crippen LogP contribution in [-0.4, -0.2) is 23.9 Å². The molecular formula is C15H12FN3O2. The molecule has 1 aromatic rings. The van der Waals surface area contributed by atoms with Gasteiger partial charge in [-0.05, 0) is 24.4 Å². The maximum atomic E-state index is 12.9. The molecule has 0 spiro atoms. The average Bonchev–Trinajstić information content (AvgIpc) is 2.50. The predicted molar refractivity (Wildman–Crippen MR) is 78.2 cm³/mol. The molecule has 21 heavy (non-hydrogen) atoms. The van der Waals surface area contributed by atoms with Crippen molar-refractivity contribution in [2.75, 3.05) is 0 Å². The third-order valence-corrected chi connectivity index (χ3v) is 2.65. The van der Waals surface area contributed by atoms with Crippen LogP contribution in [0.1, 0.15) is 5.56 Å². The maximum absolute atomic E-state index is 12.9. The van der Waals surface area contributed by atoms with Gasteiger partial charge in [0.2, 0.25) is 5.90 Å². The molecule has 1 aliphatic rings. The van der Waals surface area contributed by atoms with E-state index in [-0.39, 0.29) is 17.4 Å². The van der Waals surface area contributed by atoms with Gasteiger partial charge in [-0.2, -0.15) is 0 Å². The zero-order valence-corrected chi connectivity index (χ0v) is 11.0. The zero-order chi connectivity index (χ0) is 15.2. The van der Waals surface area contributed by atoms with E-state index in [0.717, 1.165) is 11.8 Å². The lowest BCUT2D eigenvalue weighted by molar-refractivity contribution is 0.392. The molecule has 0 saturated heterocycles. The summed E-state index contributed by atoms with van der Waals surface area (Å²) in [7, 11) is 0. The first-order valence-corrected chi connectivity index (χ1v) is 5.99. The number of halogens is 1. The Morgan fingerprint density at radius 2 is 2.19 bits per heavy atom. The molecule has 2 N–H and O–H groups in total.